The van der Waals surface area contributed by atoms with E-state index in [9.17, 15) is 0 Å². The van der Waals surface area contributed by atoms with E-state index in [1.54, 1.807) is 0 Å². The number of aromatic nitrogens is 3. The van der Waals surface area contributed by atoms with Crippen LogP contribution in [0.15, 0.2) is 35.7 Å². The second-order valence-corrected chi connectivity index (χ2v) is 7.79. The van der Waals surface area contributed by atoms with Crippen LogP contribution in [0.25, 0.3) is 11.4 Å². The summed E-state index contributed by atoms with van der Waals surface area (Å²) in [5, 5.41) is 7.64. The Morgan fingerprint density at radius 1 is 1.25 bits per heavy atom. The lowest BCUT2D eigenvalue weighted by molar-refractivity contribution is 0.189. The van der Waals surface area contributed by atoms with Crippen molar-refractivity contribution in [2.24, 2.45) is 7.05 Å². The number of hydrogen-bond acceptors (Lipinski definition) is 4. The van der Waals surface area contributed by atoms with Crippen molar-refractivity contribution in [1.29, 1.82) is 0 Å². The Labute approximate surface area is 154 Å². The highest BCUT2D eigenvalue weighted by Crippen LogP contribution is 2.25. The van der Waals surface area contributed by atoms with E-state index in [1.807, 2.05) is 51.9 Å². The molecule has 4 nitrogen and oxygen atoms in total. The summed E-state index contributed by atoms with van der Waals surface area (Å²) in [6, 6.07) is 9.93. The smallest absolute Gasteiger partial charge is 0.199 e. The molecule has 0 fully saturated rings. The monoisotopic (exact) mass is 376 g/mol. The molecule has 0 aliphatic carbocycles. The van der Waals surface area contributed by atoms with Gasteiger partial charge in [0.05, 0.1) is 6.67 Å². The standard InChI is InChI=1S/C17H17ClN4S2/c1-20-16(12-2-4-14(18)5-3-12)19-22(17(20)23)11-21-8-6-15-13(10-21)7-9-24-15/h2-5,7,9H,6,8,10-11H2,1H3. The van der Waals surface area contributed by atoms with Crippen molar-refractivity contribution in [3.05, 3.63) is 55.9 Å². The maximum absolute atomic E-state index is 5.98. The van der Waals surface area contributed by atoms with Crippen LogP contribution in [0.5, 0.6) is 0 Å². The Morgan fingerprint density at radius 3 is 2.83 bits per heavy atom. The van der Waals surface area contributed by atoms with Gasteiger partial charge in [-0.25, -0.2) is 4.68 Å². The summed E-state index contributed by atoms with van der Waals surface area (Å²) < 4.78 is 4.60. The van der Waals surface area contributed by atoms with Gasteiger partial charge in [-0.05, 0) is 59.9 Å². The van der Waals surface area contributed by atoms with Gasteiger partial charge in [0.2, 0.25) is 0 Å². The fourth-order valence-electron chi connectivity index (χ4n) is 3.05. The van der Waals surface area contributed by atoms with Gasteiger partial charge < -0.3 is 4.57 Å². The van der Waals surface area contributed by atoms with Crippen LogP contribution in [0, 0.1) is 4.77 Å². The van der Waals surface area contributed by atoms with Crippen molar-refractivity contribution >= 4 is 35.2 Å². The number of rotatable bonds is 3. The first-order chi connectivity index (χ1) is 11.6. The highest BCUT2D eigenvalue weighted by molar-refractivity contribution is 7.71. The van der Waals surface area contributed by atoms with E-state index >= 15 is 0 Å². The van der Waals surface area contributed by atoms with Gasteiger partial charge in [0, 0.05) is 35.6 Å². The highest BCUT2D eigenvalue weighted by atomic mass is 35.5. The molecular weight excluding hydrogens is 360 g/mol. The third-order valence-corrected chi connectivity index (χ3v) is 6.12. The molecule has 7 heteroatoms. The third kappa shape index (κ3) is 2.95. The molecule has 0 bridgehead atoms. The minimum absolute atomic E-state index is 0.718. The van der Waals surface area contributed by atoms with Crippen molar-refractivity contribution in [3.8, 4) is 11.4 Å². The molecule has 3 heterocycles. The number of nitrogens with zero attached hydrogens (tertiary/aromatic N) is 4. The Balaban J connectivity index is 1.60. The van der Waals surface area contributed by atoms with E-state index in [0.717, 1.165) is 47.4 Å². The van der Waals surface area contributed by atoms with Crippen LogP contribution < -0.4 is 0 Å². The molecule has 1 aliphatic heterocycles. The topological polar surface area (TPSA) is 26.0 Å². The van der Waals surface area contributed by atoms with E-state index in [2.05, 4.69) is 16.3 Å². The van der Waals surface area contributed by atoms with Gasteiger partial charge in [-0.2, -0.15) is 5.10 Å². The lowest BCUT2D eigenvalue weighted by atomic mass is 10.1. The summed E-state index contributed by atoms with van der Waals surface area (Å²) in [6.45, 7) is 2.73. The van der Waals surface area contributed by atoms with Crippen LogP contribution in [0.3, 0.4) is 0 Å². The quantitative estimate of drug-likeness (QED) is 0.635. The second-order valence-electron chi connectivity index (χ2n) is 5.98. The Hall–Kier alpha value is -1.47. The van der Waals surface area contributed by atoms with Crippen LogP contribution in [0.1, 0.15) is 10.4 Å². The first-order valence-electron chi connectivity index (χ1n) is 7.79. The SMILES string of the molecule is Cn1c(-c2ccc(Cl)cc2)nn(CN2CCc3sccc3C2)c1=S. The molecule has 0 saturated carbocycles. The molecule has 0 amide bonds. The van der Waals surface area contributed by atoms with Crippen LogP contribution in [0.4, 0.5) is 0 Å². The number of hydrogen-bond donors (Lipinski definition) is 0. The van der Waals surface area contributed by atoms with E-state index in [4.69, 9.17) is 28.9 Å². The first kappa shape index (κ1) is 16.0. The maximum atomic E-state index is 5.98. The molecule has 0 N–H and O–H groups in total. The number of thiophene rings is 1. The molecule has 2 aromatic heterocycles. The second kappa shape index (κ2) is 6.44. The molecular formula is C17H17ClN4S2. The molecule has 124 valence electrons. The molecule has 4 rings (SSSR count). The van der Waals surface area contributed by atoms with Crippen LogP contribution >= 0.6 is 35.2 Å². The fraction of sp³-hybridized carbons (Fsp3) is 0.294. The van der Waals surface area contributed by atoms with E-state index < -0.39 is 0 Å². The van der Waals surface area contributed by atoms with Gasteiger partial charge in [-0.15, -0.1) is 11.3 Å². The first-order valence-corrected chi connectivity index (χ1v) is 9.46. The summed E-state index contributed by atoms with van der Waals surface area (Å²) in [5.74, 6) is 0.866. The van der Waals surface area contributed by atoms with Crippen LogP contribution in [-0.4, -0.2) is 25.8 Å². The van der Waals surface area contributed by atoms with Crippen molar-refractivity contribution in [1.82, 2.24) is 19.2 Å². The Bertz CT molecular complexity index is 923. The molecule has 0 radical (unpaired) electrons. The normalized spacial score (nSPS) is 14.8. The largest absolute Gasteiger partial charge is 0.303 e. The lowest BCUT2D eigenvalue weighted by Crippen LogP contribution is -2.32. The minimum atomic E-state index is 0.718. The predicted molar refractivity (Wildman–Crippen MR) is 101 cm³/mol. The third-order valence-electron chi connectivity index (χ3n) is 4.36. The molecule has 0 saturated heterocycles. The van der Waals surface area contributed by atoms with Crippen LogP contribution in [0.2, 0.25) is 5.02 Å². The van der Waals surface area contributed by atoms with Gasteiger partial charge in [0.15, 0.2) is 10.6 Å². The molecule has 3 aromatic rings. The zero-order valence-corrected chi connectivity index (χ0v) is 15.7. The summed E-state index contributed by atoms with van der Waals surface area (Å²) in [5.41, 5.74) is 2.46. The van der Waals surface area contributed by atoms with E-state index in [1.165, 1.54) is 10.4 Å². The number of halogens is 1. The van der Waals surface area contributed by atoms with Crippen molar-refractivity contribution in [2.45, 2.75) is 19.6 Å². The molecule has 1 aromatic carbocycles. The maximum Gasteiger partial charge on any atom is 0.199 e. The molecule has 24 heavy (non-hydrogen) atoms. The van der Waals surface area contributed by atoms with Gasteiger partial charge in [0.1, 0.15) is 0 Å². The fourth-order valence-corrected chi connectivity index (χ4v) is 4.25. The van der Waals surface area contributed by atoms with Crippen LogP contribution in [-0.2, 0) is 26.7 Å². The molecule has 0 unspecified atom stereocenters. The Morgan fingerprint density at radius 2 is 2.04 bits per heavy atom. The van der Waals surface area contributed by atoms with Crippen molar-refractivity contribution < 1.29 is 0 Å². The van der Waals surface area contributed by atoms with E-state index in [0.29, 0.717) is 0 Å². The van der Waals surface area contributed by atoms with Gasteiger partial charge in [0.25, 0.3) is 0 Å². The number of fused-ring (bicyclic) bond motifs is 1. The summed E-state index contributed by atoms with van der Waals surface area (Å²) >= 11 is 13.4. The van der Waals surface area contributed by atoms with Gasteiger partial charge in [-0.3, -0.25) is 4.90 Å². The minimum Gasteiger partial charge on any atom is -0.303 e. The van der Waals surface area contributed by atoms with Gasteiger partial charge in [-0.1, -0.05) is 11.6 Å². The van der Waals surface area contributed by atoms with Crippen molar-refractivity contribution in [2.75, 3.05) is 6.54 Å². The highest BCUT2D eigenvalue weighted by Gasteiger charge is 2.19. The zero-order chi connectivity index (χ0) is 16.7. The predicted octanol–water partition coefficient (Wildman–Crippen LogP) is 4.35. The summed E-state index contributed by atoms with van der Waals surface area (Å²) in [4.78, 5) is 3.90. The summed E-state index contributed by atoms with van der Waals surface area (Å²) in [7, 11) is 1.96. The van der Waals surface area contributed by atoms with Gasteiger partial charge >= 0.3 is 0 Å². The Kier molecular flexibility index (Phi) is 4.30. The zero-order valence-electron chi connectivity index (χ0n) is 13.3. The lowest BCUT2D eigenvalue weighted by Gasteiger charge is -2.26. The van der Waals surface area contributed by atoms with E-state index in [-0.39, 0.29) is 0 Å². The number of benzene rings is 1. The molecule has 1 aliphatic rings. The molecule has 0 atom stereocenters. The average molecular weight is 377 g/mol. The summed E-state index contributed by atoms with van der Waals surface area (Å²) in [6.07, 6.45) is 1.11. The average Bonchev–Trinajstić information content (AvgIpc) is 3.15. The molecule has 0 spiro atoms. The van der Waals surface area contributed by atoms with Crippen molar-refractivity contribution in [3.63, 3.8) is 0 Å².